The molecule has 0 fully saturated rings. The number of carbonyl (C=O) groups is 2. The molecule has 0 aliphatic heterocycles. The first-order valence-electron chi connectivity index (χ1n) is 9.00. The molecule has 0 atom stereocenters. The van der Waals surface area contributed by atoms with Crippen LogP contribution in [0.4, 0.5) is 0 Å². The molecular formula is C21H22N2O4. The fourth-order valence-corrected chi connectivity index (χ4v) is 2.92. The lowest BCUT2D eigenvalue weighted by molar-refractivity contribution is -0.138. The second-order valence-corrected chi connectivity index (χ2v) is 6.37. The number of hydrogen-bond donors (Lipinski definition) is 1. The van der Waals surface area contributed by atoms with Crippen molar-refractivity contribution in [1.29, 1.82) is 0 Å². The number of aromatic nitrogens is 1. The van der Waals surface area contributed by atoms with Crippen LogP contribution in [0.2, 0.25) is 0 Å². The van der Waals surface area contributed by atoms with Crippen molar-refractivity contribution in [3.63, 3.8) is 0 Å². The van der Waals surface area contributed by atoms with Gasteiger partial charge in [-0.3, -0.25) is 9.59 Å². The van der Waals surface area contributed by atoms with E-state index in [0.717, 1.165) is 11.1 Å². The van der Waals surface area contributed by atoms with E-state index in [1.165, 1.54) is 0 Å². The zero-order chi connectivity index (χ0) is 19.1. The summed E-state index contributed by atoms with van der Waals surface area (Å²) >= 11 is 0. The zero-order valence-corrected chi connectivity index (χ0v) is 15.0. The van der Waals surface area contributed by atoms with Crippen molar-refractivity contribution in [3.05, 3.63) is 66.1 Å². The molecule has 3 rings (SSSR count). The molecule has 0 unspecified atom stereocenters. The van der Waals surface area contributed by atoms with Crippen LogP contribution in [0, 0.1) is 0 Å². The van der Waals surface area contributed by atoms with E-state index >= 15 is 0 Å². The number of benzene rings is 2. The van der Waals surface area contributed by atoms with Gasteiger partial charge in [0.1, 0.15) is 5.52 Å². The molecule has 0 saturated carbocycles. The summed E-state index contributed by atoms with van der Waals surface area (Å²) in [4.78, 5) is 29.6. The Morgan fingerprint density at radius 3 is 2.48 bits per heavy atom. The van der Waals surface area contributed by atoms with Gasteiger partial charge < -0.3 is 14.4 Å². The lowest BCUT2D eigenvalue weighted by Crippen LogP contribution is -2.32. The van der Waals surface area contributed by atoms with E-state index in [-0.39, 0.29) is 18.7 Å². The van der Waals surface area contributed by atoms with E-state index in [1.54, 1.807) is 4.90 Å². The van der Waals surface area contributed by atoms with E-state index in [2.05, 4.69) is 4.98 Å². The molecule has 1 N–H and O–H groups in total. The van der Waals surface area contributed by atoms with Gasteiger partial charge in [-0.2, -0.15) is 0 Å². The quantitative estimate of drug-likeness (QED) is 0.625. The minimum absolute atomic E-state index is 0.0357. The van der Waals surface area contributed by atoms with Gasteiger partial charge in [0, 0.05) is 32.4 Å². The van der Waals surface area contributed by atoms with Gasteiger partial charge in [-0.1, -0.05) is 42.5 Å². The zero-order valence-electron chi connectivity index (χ0n) is 15.0. The molecule has 0 bridgehead atoms. The van der Waals surface area contributed by atoms with Crippen LogP contribution in [0.25, 0.3) is 11.1 Å². The van der Waals surface area contributed by atoms with Crippen LogP contribution < -0.4 is 0 Å². The minimum Gasteiger partial charge on any atom is -0.481 e. The maximum Gasteiger partial charge on any atom is 0.303 e. The number of carboxylic acid groups (broad SMARTS) is 1. The molecular weight excluding hydrogens is 344 g/mol. The molecule has 1 amide bonds. The first-order chi connectivity index (χ1) is 13.1. The number of fused-ring (bicyclic) bond motifs is 1. The van der Waals surface area contributed by atoms with Crippen LogP contribution in [0.5, 0.6) is 0 Å². The summed E-state index contributed by atoms with van der Waals surface area (Å²) < 4.78 is 5.67. The molecule has 0 spiro atoms. The Morgan fingerprint density at radius 1 is 1.00 bits per heavy atom. The van der Waals surface area contributed by atoms with Gasteiger partial charge in [0.25, 0.3) is 0 Å². The highest BCUT2D eigenvalue weighted by Crippen LogP contribution is 2.16. The second-order valence-electron chi connectivity index (χ2n) is 6.37. The molecule has 0 aliphatic carbocycles. The van der Waals surface area contributed by atoms with Crippen molar-refractivity contribution in [3.8, 4) is 0 Å². The first kappa shape index (κ1) is 18.6. The lowest BCUT2D eigenvalue weighted by Gasteiger charge is -2.22. The SMILES string of the molecule is O=C(O)CCCN(Cc1ccccc1)C(=O)CCc1nc2ccccc2o1. The topological polar surface area (TPSA) is 83.6 Å². The largest absolute Gasteiger partial charge is 0.481 e. The molecule has 6 nitrogen and oxygen atoms in total. The van der Waals surface area contributed by atoms with Crippen LogP contribution in [0.3, 0.4) is 0 Å². The van der Waals surface area contributed by atoms with E-state index in [4.69, 9.17) is 9.52 Å². The Kier molecular flexibility index (Phi) is 6.20. The molecule has 0 saturated heterocycles. The third kappa shape index (κ3) is 5.41. The molecule has 3 aromatic rings. The standard InChI is InChI=1S/C21H22N2O4/c24-20(13-12-19-22-17-9-4-5-10-18(17)27-19)23(14-6-11-21(25)26)15-16-7-2-1-3-8-16/h1-5,7-10H,6,11-15H2,(H,25,26). The average Bonchev–Trinajstić information content (AvgIpc) is 3.09. The van der Waals surface area contributed by atoms with Crippen LogP contribution in [-0.2, 0) is 22.6 Å². The predicted octanol–water partition coefficient (Wildman–Crippen LogP) is 3.65. The van der Waals surface area contributed by atoms with Gasteiger partial charge in [0.2, 0.25) is 5.91 Å². The monoisotopic (exact) mass is 366 g/mol. The summed E-state index contributed by atoms with van der Waals surface area (Å²) in [5.74, 6) is -0.352. The number of carbonyl (C=O) groups excluding carboxylic acids is 1. The molecule has 140 valence electrons. The maximum atomic E-state index is 12.7. The summed E-state index contributed by atoms with van der Waals surface area (Å²) in [7, 11) is 0. The van der Waals surface area contributed by atoms with Crippen molar-refractivity contribution >= 4 is 23.0 Å². The number of rotatable bonds is 9. The molecule has 1 heterocycles. The Labute approximate surface area is 157 Å². The van der Waals surface area contributed by atoms with Crippen molar-refractivity contribution in [2.24, 2.45) is 0 Å². The Hall–Kier alpha value is -3.15. The summed E-state index contributed by atoms with van der Waals surface area (Å²) in [6.45, 7) is 0.875. The second kappa shape index (κ2) is 8.98. The van der Waals surface area contributed by atoms with Crippen molar-refractivity contribution in [2.45, 2.75) is 32.2 Å². The molecule has 0 aliphatic rings. The number of carboxylic acids is 1. The van der Waals surface area contributed by atoms with Crippen molar-refractivity contribution in [1.82, 2.24) is 9.88 Å². The summed E-state index contributed by atoms with van der Waals surface area (Å²) in [6, 6.07) is 17.2. The van der Waals surface area contributed by atoms with Gasteiger partial charge in [-0.15, -0.1) is 0 Å². The molecule has 27 heavy (non-hydrogen) atoms. The first-order valence-corrected chi connectivity index (χ1v) is 9.00. The van der Waals surface area contributed by atoms with E-state index in [9.17, 15) is 9.59 Å². The van der Waals surface area contributed by atoms with E-state index < -0.39 is 5.97 Å². The predicted molar refractivity (Wildman–Crippen MR) is 101 cm³/mol. The van der Waals surface area contributed by atoms with Gasteiger partial charge >= 0.3 is 5.97 Å². The van der Waals surface area contributed by atoms with Gasteiger partial charge in [0.05, 0.1) is 0 Å². The van der Waals surface area contributed by atoms with Crippen LogP contribution in [-0.4, -0.2) is 33.4 Å². The van der Waals surface area contributed by atoms with Crippen molar-refractivity contribution < 1.29 is 19.1 Å². The summed E-state index contributed by atoms with van der Waals surface area (Å²) in [5, 5.41) is 8.85. The Bertz CT molecular complexity index is 872. The Morgan fingerprint density at radius 2 is 1.74 bits per heavy atom. The van der Waals surface area contributed by atoms with Crippen LogP contribution in [0.15, 0.2) is 59.0 Å². The van der Waals surface area contributed by atoms with Crippen LogP contribution in [0.1, 0.15) is 30.7 Å². The van der Waals surface area contributed by atoms with Gasteiger partial charge in [-0.05, 0) is 24.1 Å². The fraction of sp³-hybridized carbons (Fsp3) is 0.286. The smallest absolute Gasteiger partial charge is 0.303 e. The number of oxazole rings is 1. The van der Waals surface area contributed by atoms with Gasteiger partial charge in [-0.25, -0.2) is 4.98 Å². The molecule has 6 heteroatoms. The number of amides is 1. The molecule has 1 aromatic heterocycles. The number of aliphatic carboxylic acids is 1. The van der Waals surface area contributed by atoms with Crippen LogP contribution >= 0.6 is 0 Å². The summed E-state index contributed by atoms with van der Waals surface area (Å²) in [5.41, 5.74) is 2.51. The van der Waals surface area contributed by atoms with E-state index in [0.29, 0.717) is 37.4 Å². The molecule has 0 radical (unpaired) electrons. The number of nitrogens with zero attached hydrogens (tertiary/aromatic N) is 2. The van der Waals surface area contributed by atoms with Gasteiger partial charge in [0.15, 0.2) is 11.5 Å². The highest BCUT2D eigenvalue weighted by atomic mass is 16.4. The highest BCUT2D eigenvalue weighted by Gasteiger charge is 2.16. The Balaban J connectivity index is 1.62. The number of hydrogen-bond acceptors (Lipinski definition) is 4. The molecule has 2 aromatic carbocycles. The van der Waals surface area contributed by atoms with Crippen molar-refractivity contribution in [2.75, 3.05) is 6.54 Å². The average molecular weight is 366 g/mol. The number of para-hydroxylation sites is 2. The maximum absolute atomic E-state index is 12.7. The van der Waals surface area contributed by atoms with E-state index in [1.807, 2.05) is 54.6 Å². The number of aryl methyl sites for hydroxylation is 1. The fourth-order valence-electron chi connectivity index (χ4n) is 2.92. The third-order valence-corrected chi connectivity index (χ3v) is 4.28. The normalized spacial score (nSPS) is 10.8. The minimum atomic E-state index is -0.853. The third-order valence-electron chi connectivity index (χ3n) is 4.28. The lowest BCUT2D eigenvalue weighted by atomic mass is 10.1. The summed E-state index contributed by atoms with van der Waals surface area (Å²) in [6.07, 6.45) is 1.16. The highest BCUT2D eigenvalue weighted by molar-refractivity contribution is 5.77.